The van der Waals surface area contributed by atoms with E-state index >= 15 is 0 Å². The number of carbonyl (C=O) groups is 1. The van der Waals surface area contributed by atoms with Crippen molar-refractivity contribution in [1.29, 1.82) is 0 Å². The van der Waals surface area contributed by atoms with E-state index in [0.717, 1.165) is 6.07 Å². The Morgan fingerprint density at radius 3 is 2.52 bits per heavy atom. The first-order chi connectivity index (χ1) is 9.72. The Morgan fingerprint density at radius 1 is 1.29 bits per heavy atom. The molecule has 2 atom stereocenters. The summed E-state index contributed by atoms with van der Waals surface area (Å²) in [7, 11) is -4.22. The van der Waals surface area contributed by atoms with Crippen LogP contribution < -0.4 is 4.72 Å². The van der Waals surface area contributed by atoms with E-state index in [-0.39, 0.29) is 12.0 Å². The zero-order chi connectivity index (χ0) is 15.8. The van der Waals surface area contributed by atoms with Gasteiger partial charge in [-0.05, 0) is 37.8 Å². The highest BCUT2D eigenvalue weighted by atomic mass is 32.2. The number of carboxylic acids is 1. The van der Waals surface area contributed by atoms with E-state index in [4.69, 9.17) is 5.11 Å². The van der Waals surface area contributed by atoms with Gasteiger partial charge in [0.2, 0.25) is 10.0 Å². The van der Waals surface area contributed by atoms with E-state index in [1.165, 1.54) is 13.0 Å². The van der Waals surface area contributed by atoms with Crippen LogP contribution in [-0.2, 0) is 14.8 Å². The summed E-state index contributed by atoms with van der Waals surface area (Å²) < 4.78 is 53.6. The number of rotatable bonds is 4. The fourth-order valence-corrected chi connectivity index (χ4v) is 3.78. The molecule has 1 aromatic carbocycles. The van der Waals surface area contributed by atoms with E-state index in [0.29, 0.717) is 12.8 Å². The largest absolute Gasteiger partial charge is 0.481 e. The predicted molar refractivity (Wildman–Crippen MR) is 70.2 cm³/mol. The van der Waals surface area contributed by atoms with Crippen LogP contribution in [0.1, 0.15) is 24.8 Å². The van der Waals surface area contributed by atoms with Crippen molar-refractivity contribution in [1.82, 2.24) is 4.72 Å². The zero-order valence-electron chi connectivity index (χ0n) is 11.3. The fourth-order valence-electron chi connectivity index (χ4n) is 2.43. The number of aryl methyl sites for hydroxylation is 1. The van der Waals surface area contributed by atoms with Crippen LogP contribution in [0.3, 0.4) is 0 Å². The van der Waals surface area contributed by atoms with Crippen LogP contribution in [0.2, 0.25) is 0 Å². The van der Waals surface area contributed by atoms with Crippen LogP contribution in [-0.4, -0.2) is 25.5 Å². The van der Waals surface area contributed by atoms with Crippen molar-refractivity contribution in [3.8, 4) is 0 Å². The van der Waals surface area contributed by atoms with Gasteiger partial charge < -0.3 is 5.11 Å². The average molecular weight is 319 g/mol. The third kappa shape index (κ3) is 3.21. The molecule has 0 aromatic heterocycles. The number of hydrogen-bond donors (Lipinski definition) is 2. The molecule has 1 aliphatic rings. The van der Waals surface area contributed by atoms with Crippen LogP contribution in [0.5, 0.6) is 0 Å². The lowest BCUT2D eigenvalue weighted by atomic mass is 10.1. The van der Waals surface area contributed by atoms with E-state index in [1.54, 1.807) is 0 Å². The molecular formula is C13H15F2NO4S. The lowest BCUT2D eigenvalue weighted by Gasteiger charge is -2.14. The molecule has 2 rings (SSSR count). The van der Waals surface area contributed by atoms with Gasteiger partial charge in [-0.1, -0.05) is 6.07 Å². The number of halogens is 2. The zero-order valence-corrected chi connectivity index (χ0v) is 12.1. The Bertz CT molecular complexity index is 675. The van der Waals surface area contributed by atoms with Crippen molar-refractivity contribution in [2.45, 2.75) is 37.1 Å². The third-order valence-corrected chi connectivity index (χ3v) is 5.17. The van der Waals surface area contributed by atoms with Crippen molar-refractivity contribution in [3.05, 3.63) is 29.3 Å². The molecule has 1 fully saturated rings. The number of sulfonamides is 1. The van der Waals surface area contributed by atoms with E-state index < -0.39 is 44.5 Å². The summed E-state index contributed by atoms with van der Waals surface area (Å²) in [5.41, 5.74) is 0.0123. The standard InChI is InChI=1S/C13H15F2NO4S/c1-7-2-5-10(12(15)11(7)14)21(19,20)16-9-4-3-8(6-9)13(17)18/h2,5,8-9,16H,3-4,6H2,1H3,(H,17,18)/t8-,9+/m0/s1. The minimum Gasteiger partial charge on any atom is -0.481 e. The van der Waals surface area contributed by atoms with Crippen LogP contribution in [0, 0.1) is 24.5 Å². The summed E-state index contributed by atoms with van der Waals surface area (Å²) in [6.07, 6.45) is 0.851. The van der Waals surface area contributed by atoms with Gasteiger partial charge >= 0.3 is 5.97 Å². The van der Waals surface area contributed by atoms with Crippen molar-refractivity contribution in [3.63, 3.8) is 0 Å². The highest BCUT2D eigenvalue weighted by Crippen LogP contribution is 2.28. The van der Waals surface area contributed by atoms with Crippen molar-refractivity contribution in [2.24, 2.45) is 5.92 Å². The number of benzene rings is 1. The van der Waals surface area contributed by atoms with E-state index in [9.17, 15) is 22.0 Å². The summed E-state index contributed by atoms with van der Waals surface area (Å²) >= 11 is 0. The second-order valence-electron chi connectivity index (χ2n) is 5.17. The summed E-state index contributed by atoms with van der Waals surface area (Å²) in [5, 5.41) is 8.87. The smallest absolute Gasteiger partial charge is 0.306 e. The molecule has 1 saturated carbocycles. The first kappa shape index (κ1) is 15.8. The van der Waals surface area contributed by atoms with Gasteiger partial charge in [-0.3, -0.25) is 4.79 Å². The predicted octanol–water partition coefficient (Wildman–Crippen LogP) is 1.80. The molecule has 0 aliphatic heterocycles. The molecule has 1 aromatic rings. The summed E-state index contributed by atoms with van der Waals surface area (Å²) in [5.74, 6) is -4.22. The number of nitrogens with one attached hydrogen (secondary N) is 1. The van der Waals surface area contributed by atoms with Crippen LogP contribution in [0.4, 0.5) is 8.78 Å². The molecule has 0 heterocycles. The molecule has 0 bridgehead atoms. The van der Waals surface area contributed by atoms with E-state index in [2.05, 4.69) is 4.72 Å². The molecule has 0 radical (unpaired) electrons. The lowest BCUT2D eigenvalue weighted by Crippen LogP contribution is -2.34. The monoisotopic (exact) mass is 319 g/mol. The van der Waals surface area contributed by atoms with E-state index in [1.807, 2.05) is 0 Å². The maximum atomic E-state index is 13.7. The third-order valence-electron chi connectivity index (χ3n) is 3.63. The van der Waals surface area contributed by atoms with Gasteiger partial charge in [0.1, 0.15) is 4.90 Å². The molecule has 1 aliphatic carbocycles. The summed E-state index contributed by atoms with van der Waals surface area (Å²) in [6.45, 7) is 1.33. The Kier molecular flexibility index (Phi) is 4.29. The molecule has 21 heavy (non-hydrogen) atoms. The maximum Gasteiger partial charge on any atom is 0.306 e. The Hall–Kier alpha value is -1.54. The molecule has 2 N–H and O–H groups in total. The fraction of sp³-hybridized carbons (Fsp3) is 0.462. The highest BCUT2D eigenvalue weighted by Gasteiger charge is 2.33. The second kappa shape index (κ2) is 5.69. The minimum absolute atomic E-state index is 0.0123. The maximum absolute atomic E-state index is 13.7. The number of carboxylic acid groups (broad SMARTS) is 1. The molecule has 0 unspecified atom stereocenters. The summed E-state index contributed by atoms with van der Waals surface area (Å²) in [4.78, 5) is 10.1. The molecule has 0 amide bonds. The minimum atomic E-state index is -4.22. The van der Waals surface area contributed by atoms with Gasteiger partial charge in [0.15, 0.2) is 11.6 Å². The van der Waals surface area contributed by atoms with Crippen molar-refractivity contribution < 1.29 is 27.1 Å². The topological polar surface area (TPSA) is 83.5 Å². The molecular weight excluding hydrogens is 304 g/mol. The Labute approximate surface area is 121 Å². The van der Waals surface area contributed by atoms with Gasteiger partial charge in [0.05, 0.1) is 5.92 Å². The Balaban J connectivity index is 2.20. The van der Waals surface area contributed by atoms with Gasteiger partial charge in [-0.2, -0.15) is 0 Å². The van der Waals surface area contributed by atoms with Crippen LogP contribution in [0.25, 0.3) is 0 Å². The molecule has 0 saturated heterocycles. The Morgan fingerprint density at radius 2 is 1.95 bits per heavy atom. The van der Waals surface area contributed by atoms with Crippen LogP contribution >= 0.6 is 0 Å². The molecule has 116 valence electrons. The number of aliphatic carboxylic acids is 1. The van der Waals surface area contributed by atoms with Gasteiger partial charge in [-0.15, -0.1) is 0 Å². The first-order valence-electron chi connectivity index (χ1n) is 6.42. The van der Waals surface area contributed by atoms with Crippen LogP contribution in [0.15, 0.2) is 17.0 Å². The van der Waals surface area contributed by atoms with Gasteiger partial charge in [-0.25, -0.2) is 21.9 Å². The molecule has 8 heteroatoms. The van der Waals surface area contributed by atoms with Crippen molar-refractivity contribution in [2.75, 3.05) is 0 Å². The normalized spacial score (nSPS) is 22.4. The van der Waals surface area contributed by atoms with Gasteiger partial charge in [0, 0.05) is 6.04 Å². The highest BCUT2D eigenvalue weighted by molar-refractivity contribution is 7.89. The summed E-state index contributed by atoms with van der Waals surface area (Å²) in [6, 6.07) is 1.60. The SMILES string of the molecule is Cc1ccc(S(=O)(=O)N[C@@H]2CC[C@H](C(=O)O)C2)c(F)c1F. The first-order valence-corrected chi connectivity index (χ1v) is 7.90. The lowest BCUT2D eigenvalue weighted by molar-refractivity contribution is -0.141. The second-order valence-corrected chi connectivity index (χ2v) is 6.86. The van der Waals surface area contributed by atoms with Crippen molar-refractivity contribution >= 4 is 16.0 Å². The average Bonchev–Trinajstić information content (AvgIpc) is 2.83. The molecule has 0 spiro atoms. The quantitative estimate of drug-likeness (QED) is 0.886. The number of hydrogen-bond acceptors (Lipinski definition) is 3. The molecule has 5 nitrogen and oxygen atoms in total. The van der Waals surface area contributed by atoms with Gasteiger partial charge in [0.25, 0.3) is 0 Å².